The van der Waals surface area contributed by atoms with Crippen LogP contribution in [0.1, 0.15) is 17.3 Å². The van der Waals surface area contributed by atoms with Crippen LogP contribution in [0.4, 0.5) is 5.69 Å². The number of carbonyl (C=O) groups is 1. The lowest BCUT2D eigenvalue weighted by Crippen LogP contribution is -2.43. The second kappa shape index (κ2) is 8.76. The third-order valence-electron chi connectivity index (χ3n) is 3.27. The number of carbonyl (C=O) groups excluding carboxylic acids is 1. The number of halogens is 4. The van der Waals surface area contributed by atoms with Gasteiger partial charge in [-0.1, -0.05) is 34.8 Å². The van der Waals surface area contributed by atoms with Gasteiger partial charge < -0.3 is 10.6 Å². The zero-order valence-corrected chi connectivity index (χ0v) is 15.4. The summed E-state index contributed by atoms with van der Waals surface area (Å²) in [5, 5.41) is 1.38. The van der Waals surface area contributed by atoms with Crippen LogP contribution in [0.5, 0.6) is 0 Å². The molecule has 2 aromatic carbocycles. The molecule has 0 aliphatic heterocycles. The summed E-state index contributed by atoms with van der Waals surface area (Å²) in [5.41, 5.74) is 6.83. The van der Waals surface area contributed by atoms with Crippen molar-refractivity contribution >= 4 is 58.8 Å². The quantitative estimate of drug-likeness (QED) is 0.788. The summed E-state index contributed by atoms with van der Waals surface area (Å²) in [6, 6.07) is 11.6. The molecule has 0 saturated heterocycles. The molecule has 7 heteroatoms. The van der Waals surface area contributed by atoms with Gasteiger partial charge in [0.25, 0.3) is 5.91 Å². The molecule has 0 heterocycles. The molecule has 1 amide bonds. The lowest BCUT2D eigenvalue weighted by Gasteiger charge is -2.29. The van der Waals surface area contributed by atoms with Gasteiger partial charge in [0.1, 0.15) is 0 Å². The average Bonchev–Trinajstić information content (AvgIpc) is 2.49. The zero-order valence-electron chi connectivity index (χ0n) is 12.3. The Labute approximate surface area is 156 Å². The second-order valence-electron chi connectivity index (χ2n) is 4.86. The van der Waals surface area contributed by atoms with Gasteiger partial charge in [-0.15, -0.1) is 12.4 Å². The van der Waals surface area contributed by atoms with Crippen LogP contribution >= 0.6 is 47.2 Å². The molecule has 0 bridgehead atoms. The summed E-state index contributed by atoms with van der Waals surface area (Å²) in [4.78, 5) is 14.5. The van der Waals surface area contributed by atoms with Crippen LogP contribution in [0.15, 0.2) is 42.5 Å². The molecule has 0 aliphatic rings. The minimum Gasteiger partial charge on any atom is -0.328 e. The van der Waals surface area contributed by atoms with E-state index < -0.39 is 0 Å². The fourth-order valence-corrected chi connectivity index (χ4v) is 2.69. The van der Waals surface area contributed by atoms with Crippen LogP contribution in [0, 0.1) is 0 Å². The summed E-state index contributed by atoms with van der Waals surface area (Å²) in [6.07, 6.45) is 0. The monoisotopic (exact) mass is 392 g/mol. The SMILES string of the molecule is CC(CN)N(C(=O)c1ccc(Cl)cc1Cl)c1ccc(Cl)cc1.Cl. The summed E-state index contributed by atoms with van der Waals surface area (Å²) in [6.45, 7) is 2.19. The maximum atomic E-state index is 12.9. The predicted octanol–water partition coefficient (Wildman–Crippen LogP) is 5.06. The van der Waals surface area contributed by atoms with E-state index in [-0.39, 0.29) is 24.4 Å². The van der Waals surface area contributed by atoms with E-state index >= 15 is 0 Å². The van der Waals surface area contributed by atoms with Crippen LogP contribution in [-0.4, -0.2) is 18.5 Å². The van der Waals surface area contributed by atoms with Gasteiger partial charge >= 0.3 is 0 Å². The minimum atomic E-state index is -0.234. The van der Waals surface area contributed by atoms with Crippen molar-refractivity contribution in [1.29, 1.82) is 0 Å². The Balaban J connectivity index is 0.00000264. The first-order valence-electron chi connectivity index (χ1n) is 6.68. The molecule has 0 aliphatic carbocycles. The zero-order chi connectivity index (χ0) is 16.3. The number of rotatable bonds is 4. The summed E-state index contributed by atoms with van der Waals surface area (Å²) < 4.78 is 0. The van der Waals surface area contributed by atoms with E-state index in [0.717, 1.165) is 0 Å². The molecule has 124 valence electrons. The van der Waals surface area contributed by atoms with E-state index in [4.69, 9.17) is 40.5 Å². The molecule has 0 fully saturated rings. The highest BCUT2D eigenvalue weighted by Crippen LogP contribution is 2.27. The summed E-state index contributed by atoms with van der Waals surface area (Å²) >= 11 is 17.9. The van der Waals surface area contributed by atoms with Crippen LogP contribution in [0.3, 0.4) is 0 Å². The summed E-state index contributed by atoms with van der Waals surface area (Å²) in [5.74, 6) is -0.234. The number of benzene rings is 2. The standard InChI is InChI=1S/C16H15Cl3N2O.ClH/c1-10(9-20)21(13-5-2-11(17)3-6-13)16(22)14-7-4-12(18)8-15(14)19;/h2-8,10H,9,20H2,1H3;1H. The van der Waals surface area contributed by atoms with Crippen molar-refractivity contribution in [2.24, 2.45) is 5.73 Å². The van der Waals surface area contributed by atoms with Crippen LogP contribution in [0.25, 0.3) is 0 Å². The van der Waals surface area contributed by atoms with Crippen molar-refractivity contribution in [1.82, 2.24) is 0 Å². The van der Waals surface area contributed by atoms with Gasteiger partial charge in [0.05, 0.1) is 10.6 Å². The van der Waals surface area contributed by atoms with Crippen LogP contribution in [-0.2, 0) is 0 Å². The Morgan fingerprint density at radius 1 is 1.09 bits per heavy atom. The molecule has 1 unspecified atom stereocenters. The number of anilines is 1. The van der Waals surface area contributed by atoms with E-state index in [0.29, 0.717) is 32.9 Å². The highest BCUT2D eigenvalue weighted by Gasteiger charge is 2.24. The number of hydrogen-bond acceptors (Lipinski definition) is 2. The maximum absolute atomic E-state index is 12.9. The number of hydrogen-bond donors (Lipinski definition) is 1. The molecule has 2 rings (SSSR count). The average molecular weight is 394 g/mol. The third-order valence-corrected chi connectivity index (χ3v) is 4.07. The number of nitrogens with zero attached hydrogens (tertiary/aromatic N) is 1. The third kappa shape index (κ3) is 4.75. The van der Waals surface area contributed by atoms with Crippen molar-refractivity contribution in [3.8, 4) is 0 Å². The Kier molecular flexibility index (Phi) is 7.65. The lowest BCUT2D eigenvalue weighted by atomic mass is 10.1. The van der Waals surface area contributed by atoms with Crippen molar-refractivity contribution in [2.45, 2.75) is 13.0 Å². The molecule has 0 spiro atoms. The van der Waals surface area contributed by atoms with E-state index in [1.807, 2.05) is 6.92 Å². The number of amides is 1. The second-order valence-corrected chi connectivity index (χ2v) is 6.14. The normalized spacial score (nSPS) is 11.5. The predicted molar refractivity (Wildman–Crippen MR) is 100 cm³/mol. The van der Waals surface area contributed by atoms with Gasteiger partial charge in [-0.25, -0.2) is 0 Å². The van der Waals surface area contributed by atoms with Crippen molar-refractivity contribution in [3.05, 3.63) is 63.1 Å². The summed E-state index contributed by atoms with van der Waals surface area (Å²) in [7, 11) is 0. The Morgan fingerprint density at radius 3 is 2.17 bits per heavy atom. The maximum Gasteiger partial charge on any atom is 0.260 e. The smallest absolute Gasteiger partial charge is 0.260 e. The first-order valence-corrected chi connectivity index (χ1v) is 7.81. The van der Waals surface area contributed by atoms with Crippen molar-refractivity contribution in [3.63, 3.8) is 0 Å². The van der Waals surface area contributed by atoms with Crippen molar-refractivity contribution < 1.29 is 4.79 Å². The van der Waals surface area contributed by atoms with Gasteiger partial charge in [-0.05, 0) is 49.4 Å². The largest absolute Gasteiger partial charge is 0.328 e. The molecular formula is C16H16Cl4N2O. The highest BCUT2D eigenvalue weighted by atomic mass is 35.5. The van der Waals surface area contributed by atoms with Gasteiger partial charge in [-0.3, -0.25) is 4.79 Å². The van der Waals surface area contributed by atoms with Gasteiger partial charge in [-0.2, -0.15) is 0 Å². The molecule has 0 saturated carbocycles. The molecule has 3 nitrogen and oxygen atoms in total. The van der Waals surface area contributed by atoms with Gasteiger partial charge in [0.2, 0.25) is 0 Å². The molecule has 0 radical (unpaired) electrons. The van der Waals surface area contributed by atoms with Crippen LogP contribution in [0.2, 0.25) is 15.1 Å². The fraction of sp³-hybridized carbons (Fsp3) is 0.188. The first-order chi connectivity index (χ1) is 10.4. The topological polar surface area (TPSA) is 46.3 Å². The van der Waals surface area contributed by atoms with E-state index in [1.54, 1.807) is 47.4 Å². The minimum absolute atomic E-state index is 0. The first kappa shape index (κ1) is 20.1. The molecule has 0 aromatic heterocycles. The highest BCUT2D eigenvalue weighted by molar-refractivity contribution is 6.37. The van der Waals surface area contributed by atoms with Crippen LogP contribution < -0.4 is 10.6 Å². The molecule has 2 N–H and O–H groups in total. The van der Waals surface area contributed by atoms with Crippen molar-refractivity contribution in [2.75, 3.05) is 11.4 Å². The Bertz CT molecular complexity index is 676. The van der Waals surface area contributed by atoms with Gasteiger partial charge in [0, 0.05) is 28.3 Å². The molecule has 1 atom stereocenters. The van der Waals surface area contributed by atoms with E-state index in [1.165, 1.54) is 0 Å². The van der Waals surface area contributed by atoms with E-state index in [9.17, 15) is 4.79 Å². The van der Waals surface area contributed by atoms with E-state index in [2.05, 4.69) is 0 Å². The molecule has 23 heavy (non-hydrogen) atoms. The lowest BCUT2D eigenvalue weighted by molar-refractivity contribution is 0.0979. The fourth-order valence-electron chi connectivity index (χ4n) is 2.07. The molecular weight excluding hydrogens is 378 g/mol. The molecule has 2 aromatic rings. The number of nitrogens with two attached hydrogens (primary N) is 1. The van der Waals surface area contributed by atoms with Gasteiger partial charge in [0.15, 0.2) is 0 Å². The Morgan fingerprint density at radius 2 is 1.65 bits per heavy atom. The Hall–Kier alpha value is -0.970.